The van der Waals surface area contributed by atoms with Crippen molar-refractivity contribution in [2.24, 2.45) is 17.8 Å². The lowest BCUT2D eigenvalue weighted by atomic mass is 9.82. The molecule has 0 radical (unpaired) electrons. The maximum atomic E-state index is 14.4. The van der Waals surface area contributed by atoms with Gasteiger partial charge in [0, 0.05) is 50.6 Å². The number of carbonyl (C=O) groups is 2. The summed E-state index contributed by atoms with van der Waals surface area (Å²) in [6.45, 7) is 6.68. The van der Waals surface area contributed by atoms with Gasteiger partial charge >= 0.3 is 5.97 Å². The Kier molecular flexibility index (Phi) is 32.6. The molecule has 3 unspecified atom stereocenters. The first-order chi connectivity index (χ1) is 45.0. The maximum absolute atomic E-state index is 14.4. The molecule has 6 aliphatic rings. The van der Waals surface area contributed by atoms with Crippen molar-refractivity contribution in [1.82, 2.24) is 15.5 Å². The predicted molar refractivity (Wildman–Crippen MR) is 338 cm³/mol. The summed E-state index contributed by atoms with van der Waals surface area (Å²) in [4.78, 5) is 29.4. The van der Waals surface area contributed by atoms with E-state index in [1.165, 1.54) is 13.0 Å². The third-order valence-electron chi connectivity index (χ3n) is 18.6. The lowest BCUT2D eigenvalue weighted by molar-refractivity contribution is -0.368. The van der Waals surface area contributed by atoms with Crippen molar-refractivity contribution in [3.8, 4) is 0 Å². The molecule has 29 nitrogen and oxygen atoms in total. The summed E-state index contributed by atoms with van der Waals surface area (Å²) >= 11 is 0. The lowest BCUT2D eigenvalue weighted by Crippen LogP contribution is -2.70. The highest BCUT2D eigenvalue weighted by Gasteiger charge is 2.55. The molecule has 1 amide bonds. The van der Waals surface area contributed by atoms with Gasteiger partial charge in [-0.25, -0.2) is 0 Å². The Morgan fingerprint density at radius 1 is 0.621 bits per heavy atom. The zero-order chi connectivity index (χ0) is 69.7. The normalized spacial score (nSPS) is 43.5. The Morgan fingerprint density at radius 2 is 1.24 bits per heavy atom. The van der Waals surface area contributed by atoms with E-state index in [1.807, 2.05) is 6.92 Å². The second-order valence-corrected chi connectivity index (χ2v) is 26.2. The molecular formula is C66H107N3O26. The van der Waals surface area contributed by atoms with E-state index in [2.05, 4.69) is 15.5 Å². The zero-order valence-electron chi connectivity index (χ0n) is 54.5. The van der Waals surface area contributed by atoms with Gasteiger partial charge in [0.1, 0.15) is 54.9 Å². The Morgan fingerprint density at radius 3 is 1.88 bits per heavy atom. The number of nitrogens with zero attached hydrogens (tertiary/aromatic N) is 1. The molecule has 6 aliphatic heterocycles. The van der Waals surface area contributed by atoms with Crippen LogP contribution in [0, 0.1) is 17.8 Å². The van der Waals surface area contributed by atoms with Gasteiger partial charge in [0.2, 0.25) is 11.7 Å². The van der Waals surface area contributed by atoms with Gasteiger partial charge in [-0.05, 0) is 59.0 Å². The van der Waals surface area contributed by atoms with Gasteiger partial charge in [-0.3, -0.25) is 9.59 Å². The molecular weight excluding hydrogens is 1250 g/mol. The number of aliphatic hydroxyl groups excluding tert-OH is 15. The molecule has 542 valence electrons. The van der Waals surface area contributed by atoms with Gasteiger partial charge in [-0.15, -0.1) is 0 Å². The van der Waals surface area contributed by atoms with E-state index in [9.17, 15) is 96.4 Å². The molecule has 0 aromatic rings. The third-order valence-corrected chi connectivity index (χ3v) is 18.6. The summed E-state index contributed by atoms with van der Waals surface area (Å²) in [5.41, 5.74) is 0. The van der Waals surface area contributed by atoms with Gasteiger partial charge in [0.15, 0.2) is 18.4 Å². The van der Waals surface area contributed by atoms with E-state index < -0.39 is 221 Å². The molecule has 6 heterocycles. The van der Waals surface area contributed by atoms with E-state index in [1.54, 1.807) is 92.8 Å². The van der Waals surface area contributed by atoms with Crippen molar-refractivity contribution in [3.05, 3.63) is 85.1 Å². The Bertz CT molecular complexity index is 2520. The molecule has 0 aliphatic carbocycles. The maximum Gasteiger partial charge on any atom is 0.308 e. The van der Waals surface area contributed by atoms with Gasteiger partial charge < -0.3 is 136 Å². The molecule has 0 aromatic carbocycles. The summed E-state index contributed by atoms with van der Waals surface area (Å²) in [6.07, 6.45) is -10.3. The molecule has 0 aromatic heterocycles. The van der Waals surface area contributed by atoms with Crippen molar-refractivity contribution >= 4 is 11.9 Å². The quantitative estimate of drug-likeness (QED) is 0.0843. The number of allylic oxidation sites excluding steroid dienone is 12. The average Bonchev–Trinajstić information content (AvgIpc) is 0.787. The summed E-state index contributed by atoms with van der Waals surface area (Å²) in [5, 5.41) is 194. The molecule has 2 bridgehead atoms. The summed E-state index contributed by atoms with van der Waals surface area (Å²) in [6, 6.07) is -1.46. The minimum absolute atomic E-state index is 0.149. The van der Waals surface area contributed by atoms with Crippen LogP contribution in [0.25, 0.3) is 0 Å². The first-order valence-corrected chi connectivity index (χ1v) is 33.2. The zero-order valence-corrected chi connectivity index (χ0v) is 54.5. The SMILES string of the molecule is CC1[C@H](C)OC(=O)C[C@H](O)C[C@H](O)CC[C@@H](O)[C@H](O)C[C@H](O)C[C@]2(O)C[C@H](O)C(C(=O)NCCN3CCCCC3)C(C[C@@H](O[C@@H]3O[C@H](C)[C@@H](O)[C@H](NC[C@@]4(O)OC[C@@H](O)[C@@H](O[C@@H]5O[C@H](CO)[C@@H](O)[C@H](O)[C@H]5O)[C@@H]4O)[C@@H]3O)C=CC=CC=CC=CC=CC=CC=C[C@H](C)[C@H]1O)O2. The fourth-order valence-electron chi connectivity index (χ4n) is 12.6. The molecule has 28 atom stereocenters. The lowest BCUT2D eigenvalue weighted by Gasteiger charge is -2.48. The number of piperidine rings is 1. The number of aliphatic hydroxyl groups is 17. The first kappa shape index (κ1) is 80.1. The average molecular weight is 1360 g/mol. The minimum Gasteiger partial charge on any atom is -0.462 e. The number of fused-ring (bicyclic) bond motifs is 2. The van der Waals surface area contributed by atoms with Gasteiger partial charge in [-0.2, -0.15) is 0 Å². The molecule has 6 rings (SSSR count). The predicted octanol–water partition coefficient (Wildman–Crippen LogP) is -3.51. The Labute approximate surface area is 554 Å². The minimum atomic E-state index is -2.67. The Hall–Kier alpha value is -3.88. The number of likely N-dealkylation sites (tertiary alicyclic amines) is 1. The van der Waals surface area contributed by atoms with Crippen LogP contribution in [-0.2, 0) is 42.7 Å². The largest absolute Gasteiger partial charge is 0.462 e. The highest BCUT2D eigenvalue weighted by Crippen LogP contribution is 2.39. The van der Waals surface area contributed by atoms with Gasteiger partial charge in [0.25, 0.3) is 0 Å². The number of carbonyl (C=O) groups excluding carboxylic acids is 2. The molecule has 5 saturated heterocycles. The topological polar surface area (TPSA) is 470 Å². The van der Waals surface area contributed by atoms with Crippen LogP contribution in [0.2, 0.25) is 0 Å². The first-order valence-electron chi connectivity index (χ1n) is 33.2. The van der Waals surface area contributed by atoms with Crippen molar-refractivity contribution in [2.45, 2.75) is 251 Å². The molecule has 0 spiro atoms. The van der Waals surface area contributed by atoms with Crippen LogP contribution < -0.4 is 10.6 Å². The number of esters is 1. The van der Waals surface area contributed by atoms with E-state index in [-0.39, 0.29) is 38.1 Å². The van der Waals surface area contributed by atoms with Crippen LogP contribution in [0.5, 0.6) is 0 Å². The number of cyclic esters (lactones) is 1. The summed E-state index contributed by atoms with van der Waals surface area (Å²) in [5.74, 6) is -8.70. The molecule has 19 N–H and O–H groups in total. The van der Waals surface area contributed by atoms with Crippen LogP contribution in [0.1, 0.15) is 98.3 Å². The highest BCUT2D eigenvalue weighted by atomic mass is 16.7. The van der Waals surface area contributed by atoms with Crippen molar-refractivity contribution < 1.29 is 130 Å². The van der Waals surface area contributed by atoms with Crippen molar-refractivity contribution in [2.75, 3.05) is 45.9 Å². The van der Waals surface area contributed by atoms with E-state index in [0.29, 0.717) is 6.54 Å². The molecule has 29 heteroatoms. The van der Waals surface area contributed by atoms with Crippen LogP contribution in [0.3, 0.4) is 0 Å². The van der Waals surface area contributed by atoms with Crippen LogP contribution in [0.4, 0.5) is 0 Å². The second kappa shape index (κ2) is 38.6. The fraction of sp³-hybridized carbons (Fsp3) is 0.758. The monoisotopic (exact) mass is 1360 g/mol. The van der Waals surface area contributed by atoms with Crippen molar-refractivity contribution in [1.29, 1.82) is 0 Å². The highest BCUT2D eigenvalue weighted by molar-refractivity contribution is 5.80. The number of hydrogen-bond acceptors (Lipinski definition) is 28. The van der Waals surface area contributed by atoms with Crippen molar-refractivity contribution in [3.63, 3.8) is 0 Å². The number of amides is 1. The van der Waals surface area contributed by atoms with E-state index in [0.717, 1.165) is 32.4 Å². The summed E-state index contributed by atoms with van der Waals surface area (Å²) in [7, 11) is 0. The van der Waals surface area contributed by atoms with Crippen LogP contribution in [0.15, 0.2) is 85.1 Å². The van der Waals surface area contributed by atoms with E-state index >= 15 is 0 Å². The van der Waals surface area contributed by atoms with Gasteiger partial charge in [-0.1, -0.05) is 105 Å². The van der Waals surface area contributed by atoms with Crippen LogP contribution in [-0.4, -0.2) is 302 Å². The molecule has 95 heavy (non-hydrogen) atoms. The van der Waals surface area contributed by atoms with E-state index in [4.69, 9.17) is 33.2 Å². The smallest absolute Gasteiger partial charge is 0.308 e. The Balaban J connectivity index is 1.26. The fourth-order valence-corrected chi connectivity index (χ4v) is 12.6. The molecule has 5 fully saturated rings. The third kappa shape index (κ3) is 23.9. The second-order valence-electron chi connectivity index (χ2n) is 26.2. The number of rotatable bonds is 12. The van der Waals surface area contributed by atoms with Gasteiger partial charge in [0.05, 0.1) is 105 Å². The molecule has 0 saturated carbocycles. The number of hydrogen-bond donors (Lipinski definition) is 19. The number of nitrogens with one attached hydrogen (secondary N) is 2. The standard InChI is InChI=1S/C66H107N3O26/c1-37-20-16-13-11-9-7-5-6-8-10-12-14-17-21-44(92-63-57(82)53(55(80)40(4)91-63)68-36-66(88)61(85)60(48(77)35-89-66)94-64-59(84)58(83)56(81)50(34-70)93-64)31-49-52(62(86)67-24-27-69-25-18-15-19-26-69)47(76)33-65(87,95-49)32-43(73)29-46(75)45(74)23-22-41(71)28-42(72)30-51(78)90-39(3)38(2)54(37)79/h5-14,16-17,20-21,37-50,52-61,63-64,68,70-77,79-85,87-88H,15,18-19,22-36H2,1-4H3,(H,67,86)/t37-,38?,39-,40+,41+,42+,43-,44-,45+,46+,47-,48+,49?,50+,52?,53-,54+,55+,56+,57-,58-,59+,60+,61-,63-,64-,65+,66+/m0/s1. The number of ether oxygens (including phenoxy) is 7. The van der Waals surface area contributed by atoms with Crippen LogP contribution >= 0.6 is 0 Å². The summed E-state index contributed by atoms with van der Waals surface area (Å²) < 4.78 is 40.9.